The van der Waals surface area contributed by atoms with Crippen LogP contribution in [0.15, 0.2) is 18.6 Å². The molecule has 0 aromatic heterocycles. The molecule has 0 aliphatic heterocycles. The summed E-state index contributed by atoms with van der Waals surface area (Å²) in [6.07, 6.45) is 1.53. The molecule has 0 spiro atoms. The molecule has 0 saturated carbocycles. The van der Waals surface area contributed by atoms with Gasteiger partial charge in [-0.2, -0.15) is 0 Å². The van der Waals surface area contributed by atoms with Crippen molar-refractivity contribution in [3.63, 3.8) is 0 Å². The normalized spacial score (nSPS) is 9.88. The van der Waals surface area contributed by atoms with Gasteiger partial charge in [0, 0.05) is 0 Å². The average molecular weight is 128 g/mol. The molecule has 46 valence electrons. The molecule has 0 rings (SSSR count). The van der Waals surface area contributed by atoms with Crippen LogP contribution in [0.4, 0.5) is 0 Å². The third-order valence-electron chi connectivity index (χ3n) is 0.496. The van der Waals surface area contributed by atoms with E-state index >= 15 is 0 Å². The Morgan fingerprint density at radius 1 is 1.50 bits per heavy atom. The van der Waals surface area contributed by atoms with E-state index in [1.807, 2.05) is 0 Å². The maximum atomic E-state index is 5.22. The molecule has 0 amide bonds. The summed E-state index contributed by atoms with van der Waals surface area (Å²) in [4.78, 5) is 0. The Kier molecular flexibility index (Phi) is 2.59. The van der Waals surface area contributed by atoms with Crippen LogP contribution in [0.1, 0.15) is 0 Å². The number of hydrogen-bond acceptors (Lipinski definition) is 1. The van der Waals surface area contributed by atoms with Gasteiger partial charge in [0.25, 0.3) is 0 Å². The summed E-state index contributed by atoms with van der Waals surface area (Å²) in [6, 6.07) is 0. The molecular formula is C6H12OSi. The second-order valence-corrected chi connectivity index (χ2v) is 7.01. The van der Waals surface area contributed by atoms with Gasteiger partial charge in [-0.25, -0.2) is 0 Å². The first-order valence-corrected chi connectivity index (χ1v) is 5.99. The van der Waals surface area contributed by atoms with Crippen LogP contribution in [0, 0.1) is 0 Å². The predicted molar refractivity (Wildman–Crippen MR) is 38.1 cm³/mol. The highest BCUT2D eigenvalue weighted by atomic mass is 28.4. The van der Waals surface area contributed by atoms with E-state index in [0.717, 1.165) is 0 Å². The van der Waals surface area contributed by atoms with E-state index in [1.165, 1.54) is 6.26 Å². The van der Waals surface area contributed by atoms with Gasteiger partial charge in [-0.1, -0.05) is 12.3 Å². The van der Waals surface area contributed by atoms with E-state index in [4.69, 9.17) is 4.43 Å². The first-order valence-electron chi connectivity index (χ1n) is 2.58. The summed E-state index contributed by atoms with van der Waals surface area (Å²) >= 11 is 0. The standard InChI is InChI=1S/C6H12OSi/c1-5-6-7-8(2,3)4/h6H,1H2,2-4H3. The van der Waals surface area contributed by atoms with Crippen LogP contribution in [-0.4, -0.2) is 8.32 Å². The van der Waals surface area contributed by atoms with Gasteiger partial charge in [0.2, 0.25) is 8.32 Å². The summed E-state index contributed by atoms with van der Waals surface area (Å²) in [6.45, 7) is 9.72. The van der Waals surface area contributed by atoms with Crippen molar-refractivity contribution in [2.24, 2.45) is 0 Å². The average Bonchev–Trinajstić information content (AvgIpc) is 1.59. The molecule has 0 saturated heterocycles. The van der Waals surface area contributed by atoms with Crippen molar-refractivity contribution < 1.29 is 4.43 Å². The van der Waals surface area contributed by atoms with Crippen LogP contribution in [0.2, 0.25) is 19.6 Å². The van der Waals surface area contributed by atoms with Crippen LogP contribution in [0.25, 0.3) is 0 Å². The van der Waals surface area contributed by atoms with Crippen LogP contribution in [0.3, 0.4) is 0 Å². The molecule has 0 N–H and O–H groups in total. The quantitative estimate of drug-likeness (QED) is 0.314. The highest BCUT2D eigenvalue weighted by molar-refractivity contribution is 6.69. The Morgan fingerprint density at radius 3 is 2.12 bits per heavy atom. The fourth-order valence-electron chi connectivity index (χ4n) is 0.218. The summed E-state index contributed by atoms with van der Waals surface area (Å²) in [5.41, 5.74) is 2.56. The smallest absolute Gasteiger partial charge is 0.242 e. The molecule has 0 aromatic carbocycles. The van der Waals surface area contributed by atoms with Crippen molar-refractivity contribution in [2.75, 3.05) is 0 Å². The zero-order valence-corrected chi connectivity index (χ0v) is 6.69. The molecule has 0 radical (unpaired) electrons. The van der Waals surface area contributed by atoms with Crippen molar-refractivity contribution in [2.45, 2.75) is 19.6 Å². The molecule has 0 heterocycles. The highest BCUT2D eigenvalue weighted by Gasteiger charge is 2.12. The third kappa shape index (κ3) is 5.54. The molecule has 8 heavy (non-hydrogen) atoms. The lowest BCUT2D eigenvalue weighted by atomic mass is 11.0. The van der Waals surface area contributed by atoms with Gasteiger partial charge in [0.05, 0.1) is 0 Å². The summed E-state index contributed by atoms with van der Waals surface area (Å²) in [5.74, 6) is 0. The molecule has 1 nitrogen and oxygen atoms in total. The summed E-state index contributed by atoms with van der Waals surface area (Å²) < 4.78 is 5.22. The predicted octanol–water partition coefficient (Wildman–Crippen LogP) is 2.14. The van der Waals surface area contributed by atoms with Gasteiger partial charge < -0.3 is 4.43 Å². The first kappa shape index (κ1) is 7.54. The Morgan fingerprint density at radius 2 is 2.00 bits per heavy atom. The second kappa shape index (κ2) is 2.75. The van der Waals surface area contributed by atoms with E-state index in [0.29, 0.717) is 0 Å². The van der Waals surface area contributed by atoms with Crippen molar-refractivity contribution in [1.29, 1.82) is 0 Å². The molecular weight excluding hydrogens is 116 g/mol. The third-order valence-corrected chi connectivity index (χ3v) is 1.32. The minimum Gasteiger partial charge on any atom is -0.544 e. The minimum absolute atomic E-state index is 1.34. The van der Waals surface area contributed by atoms with E-state index in [1.54, 1.807) is 0 Å². The highest BCUT2D eigenvalue weighted by Crippen LogP contribution is 2.01. The van der Waals surface area contributed by atoms with E-state index < -0.39 is 8.32 Å². The molecule has 0 aliphatic rings. The summed E-state index contributed by atoms with van der Waals surface area (Å²) in [7, 11) is -1.34. The van der Waals surface area contributed by atoms with Gasteiger partial charge >= 0.3 is 0 Å². The Hall–Kier alpha value is -0.463. The minimum atomic E-state index is -1.34. The lowest BCUT2D eigenvalue weighted by molar-refractivity contribution is 0.481. The topological polar surface area (TPSA) is 9.23 Å². The number of hydrogen-bond donors (Lipinski definition) is 0. The molecule has 0 fully saturated rings. The largest absolute Gasteiger partial charge is 0.544 e. The zero-order valence-electron chi connectivity index (χ0n) is 5.69. The van der Waals surface area contributed by atoms with E-state index in [9.17, 15) is 0 Å². The van der Waals surface area contributed by atoms with Crippen LogP contribution in [-0.2, 0) is 4.43 Å². The maximum Gasteiger partial charge on any atom is 0.242 e. The van der Waals surface area contributed by atoms with E-state index in [-0.39, 0.29) is 0 Å². The van der Waals surface area contributed by atoms with Gasteiger partial charge in [-0.15, -0.1) is 0 Å². The van der Waals surface area contributed by atoms with Gasteiger partial charge in [0.15, 0.2) is 0 Å². The molecule has 0 aliphatic carbocycles. The van der Waals surface area contributed by atoms with Crippen molar-refractivity contribution in [3.05, 3.63) is 18.6 Å². The van der Waals surface area contributed by atoms with Crippen molar-refractivity contribution >= 4 is 8.32 Å². The number of rotatable bonds is 2. The molecule has 0 bridgehead atoms. The molecule has 0 atom stereocenters. The Bertz CT molecular complexity index is 106. The molecule has 0 unspecified atom stereocenters. The van der Waals surface area contributed by atoms with Gasteiger partial charge in [-0.05, 0) is 19.6 Å². The van der Waals surface area contributed by atoms with Crippen molar-refractivity contribution in [1.82, 2.24) is 0 Å². The molecule has 2 heteroatoms. The molecule has 0 aromatic rings. The fraction of sp³-hybridized carbons (Fsp3) is 0.500. The maximum absolute atomic E-state index is 5.22. The van der Waals surface area contributed by atoms with Gasteiger partial charge in [-0.3, -0.25) is 0 Å². The van der Waals surface area contributed by atoms with Crippen LogP contribution >= 0.6 is 0 Å². The van der Waals surface area contributed by atoms with Crippen LogP contribution < -0.4 is 0 Å². The van der Waals surface area contributed by atoms with Crippen LogP contribution in [0.5, 0.6) is 0 Å². The zero-order chi connectivity index (χ0) is 6.62. The first-order chi connectivity index (χ1) is 3.56. The lowest BCUT2D eigenvalue weighted by Crippen LogP contribution is -2.21. The Balaban J connectivity index is 3.55. The van der Waals surface area contributed by atoms with Gasteiger partial charge in [0.1, 0.15) is 6.26 Å². The SMILES string of the molecule is C=C=CO[Si](C)(C)C. The van der Waals surface area contributed by atoms with E-state index in [2.05, 4.69) is 32.0 Å². The fourth-order valence-corrected chi connectivity index (χ4v) is 0.655. The Labute approximate surface area is 51.8 Å². The lowest BCUT2D eigenvalue weighted by Gasteiger charge is -2.13. The summed E-state index contributed by atoms with van der Waals surface area (Å²) in [5, 5.41) is 0. The second-order valence-electron chi connectivity index (χ2n) is 2.55. The monoisotopic (exact) mass is 128 g/mol. The van der Waals surface area contributed by atoms with Crippen molar-refractivity contribution in [3.8, 4) is 0 Å².